The van der Waals surface area contributed by atoms with Crippen molar-refractivity contribution in [1.29, 1.82) is 0 Å². The summed E-state index contributed by atoms with van der Waals surface area (Å²) in [5.41, 5.74) is -0.472. The maximum Gasteiger partial charge on any atom is 0.410 e. The maximum atomic E-state index is 12.1. The predicted molar refractivity (Wildman–Crippen MR) is 97.3 cm³/mol. The van der Waals surface area contributed by atoms with E-state index in [1.54, 1.807) is 4.90 Å². The van der Waals surface area contributed by atoms with Crippen LogP contribution in [-0.2, 0) is 9.47 Å². The maximum absolute atomic E-state index is 12.1. The lowest BCUT2D eigenvalue weighted by Gasteiger charge is -2.24. The van der Waals surface area contributed by atoms with Crippen LogP contribution < -0.4 is 4.74 Å². The lowest BCUT2D eigenvalue weighted by Crippen LogP contribution is -2.36. The summed E-state index contributed by atoms with van der Waals surface area (Å²) >= 11 is 2.33. The highest BCUT2D eigenvalue weighted by Crippen LogP contribution is 2.23. The van der Waals surface area contributed by atoms with Gasteiger partial charge in [0.1, 0.15) is 18.0 Å². The molecule has 0 aromatic heterocycles. The Morgan fingerprint density at radius 3 is 2.57 bits per heavy atom. The zero-order valence-corrected chi connectivity index (χ0v) is 16.0. The molecule has 5 nitrogen and oxygen atoms in total. The zero-order valence-electron chi connectivity index (χ0n) is 13.8. The van der Waals surface area contributed by atoms with Gasteiger partial charge in [-0.1, -0.05) is 40.8 Å². The third-order valence-corrected chi connectivity index (χ3v) is 4.47. The molecule has 0 bridgehead atoms. The monoisotopic (exact) mass is 433 g/mol. The number of amides is 1. The molecule has 0 radical (unpaired) electrons. The second-order valence-corrected chi connectivity index (χ2v) is 8.07. The second kappa shape index (κ2) is 8.19. The molecule has 128 valence electrons. The molecule has 0 aliphatic carbocycles. The fraction of sp³-hybridized carbons (Fsp3) is 0.588. The van der Waals surface area contributed by atoms with Gasteiger partial charge < -0.3 is 19.1 Å². The molecule has 2 unspecified atom stereocenters. The van der Waals surface area contributed by atoms with Gasteiger partial charge >= 0.3 is 6.09 Å². The Morgan fingerprint density at radius 1 is 1.22 bits per heavy atom. The van der Waals surface area contributed by atoms with E-state index in [4.69, 9.17) is 14.2 Å². The van der Waals surface area contributed by atoms with Crippen molar-refractivity contribution in [3.05, 3.63) is 30.3 Å². The summed E-state index contributed by atoms with van der Waals surface area (Å²) in [6.45, 7) is 7.83. The number of benzene rings is 1. The van der Waals surface area contributed by atoms with Gasteiger partial charge in [0.25, 0.3) is 0 Å². The number of para-hydroxylation sites is 1. The molecule has 6 heteroatoms. The fourth-order valence-electron chi connectivity index (χ4n) is 2.24. The summed E-state index contributed by atoms with van der Waals surface area (Å²) in [6, 6.07) is 9.66. The van der Waals surface area contributed by atoms with E-state index in [1.165, 1.54) is 0 Å². The first kappa shape index (κ1) is 18.3. The highest BCUT2D eigenvalue weighted by Gasteiger charge is 2.36. The molecular weight excluding hydrogens is 409 g/mol. The van der Waals surface area contributed by atoms with Gasteiger partial charge in [-0.25, -0.2) is 4.79 Å². The molecule has 1 aromatic carbocycles. The minimum Gasteiger partial charge on any atom is -0.491 e. The van der Waals surface area contributed by atoms with E-state index >= 15 is 0 Å². The number of nitrogens with zero attached hydrogens (tertiary/aromatic N) is 1. The summed E-state index contributed by atoms with van der Waals surface area (Å²) in [4.78, 5) is 13.8. The largest absolute Gasteiger partial charge is 0.491 e. The zero-order chi connectivity index (χ0) is 16.9. The average molecular weight is 433 g/mol. The number of likely N-dealkylation sites (tertiary alicyclic amines) is 1. The number of carbonyl (C=O) groups is 1. The first-order valence-electron chi connectivity index (χ1n) is 7.76. The Labute approximate surface area is 151 Å². The van der Waals surface area contributed by atoms with Gasteiger partial charge in [0, 0.05) is 6.54 Å². The molecule has 1 amide bonds. The highest BCUT2D eigenvalue weighted by molar-refractivity contribution is 14.1. The van der Waals surface area contributed by atoms with Crippen molar-refractivity contribution >= 4 is 28.7 Å². The predicted octanol–water partition coefficient (Wildman–Crippen LogP) is 3.50. The quantitative estimate of drug-likeness (QED) is 0.405. The fourth-order valence-corrected chi connectivity index (χ4v) is 3.15. The van der Waals surface area contributed by atoms with Crippen LogP contribution in [0.25, 0.3) is 0 Å². The van der Waals surface area contributed by atoms with E-state index in [0.29, 0.717) is 26.3 Å². The van der Waals surface area contributed by atoms with Crippen molar-refractivity contribution < 1.29 is 19.0 Å². The van der Waals surface area contributed by atoms with E-state index < -0.39 is 5.60 Å². The van der Waals surface area contributed by atoms with Gasteiger partial charge in [-0.3, -0.25) is 0 Å². The van der Waals surface area contributed by atoms with Crippen molar-refractivity contribution in [2.45, 2.75) is 36.4 Å². The molecule has 1 aliphatic heterocycles. The standard InChI is InChI=1S/C17H24INO4/c1-17(2,3)23-16(20)19-11-14(18)15(12-19)22-10-9-21-13-7-5-4-6-8-13/h4-8,14-15H,9-12H2,1-3H3. The first-order valence-corrected chi connectivity index (χ1v) is 9.01. The molecule has 0 saturated carbocycles. The van der Waals surface area contributed by atoms with Crippen molar-refractivity contribution in [3.63, 3.8) is 0 Å². The SMILES string of the molecule is CC(C)(C)OC(=O)N1CC(I)C(OCCOc2ccccc2)C1. The lowest BCUT2D eigenvalue weighted by molar-refractivity contribution is 0.0178. The lowest BCUT2D eigenvalue weighted by atomic mass is 10.2. The van der Waals surface area contributed by atoms with E-state index in [-0.39, 0.29) is 16.1 Å². The van der Waals surface area contributed by atoms with Gasteiger partial charge in [0.2, 0.25) is 0 Å². The van der Waals surface area contributed by atoms with E-state index in [9.17, 15) is 4.79 Å². The molecule has 1 fully saturated rings. The van der Waals surface area contributed by atoms with Crippen LogP contribution in [0.2, 0.25) is 0 Å². The topological polar surface area (TPSA) is 48.0 Å². The van der Waals surface area contributed by atoms with Gasteiger partial charge in [0.05, 0.1) is 23.2 Å². The van der Waals surface area contributed by atoms with Crippen LogP contribution in [0.15, 0.2) is 30.3 Å². The minimum absolute atomic E-state index is 0.0162. The van der Waals surface area contributed by atoms with E-state index in [0.717, 1.165) is 5.75 Å². The third-order valence-electron chi connectivity index (χ3n) is 3.28. The number of ether oxygens (including phenoxy) is 3. The number of hydrogen-bond acceptors (Lipinski definition) is 4. The summed E-state index contributed by atoms with van der Waals surface area (Å²) in [6.07, 6.45) is -0.256. The number of rotatable bonds is 5. The van der Waals surface area contributed by atoms with Gasteiger partial charge in [-0.15, -0.1) is 0 Å². The molecule has 23 heavy (non-hydrogen) atoms. The Bertz CT molecular complexity index is 503. The van der Waals surface area contributed by atoms with Gasteiger partial charge in [-0.2, -0.15) is 0 Å². The second-order valence-electron chi connectivity index (χ2n) is 6.47. The smallest absolute Gasteiger partial charge is 0.410 e. The van der Waals surface area contributed by atoms with Crippen LogP contribution in [0.3, 0.4) is 0 Å². The number of carbonyl (C=O) groups excluding carboxylic acids is 1. The number of hydrogen-bond donors (Lipinski definition) is 0. The molecular formula is C17H24INO4. The van der Waals surface area contributed by atoms with E-state index in [1.807, 2.05) is 51.1 Å². The summed E-state index contributed by atoms with van der Waals surface area (Å²) in [5.74, 6) is 0.837. The van der Waals surface area contributed by atoms with E-state index in [2.05, 4.69) is 22.6 Å². The molecule has 0 spiro atoms. The first-order chi connectivity index (χ1) is 10.8. The number of halogens is 1. The third kappa shape index (κ3) is 6.18. The summed E-state index contributed by atoms with van der Waals surface area (Å²) in [7, 11) is 0. The Hall–Kier alpha value is -1.02. The van der Waals surface area contributed by atoms with Crippen LogP contribution in [0.1, 0.15) is 20.8 Å². The Balaban J connectivity index is 1.71. The molecule has 2 rings (SSSR count). The molecule has 1 saturated heterocycles. The molecule has 1 aliphatic rings. The van der Waals surface area contributed by atoms with Crippen LogP contribution in [-0.4, -0.2) is 52.9 Å². The van der Waals surface area contributed by atoms with Crippen molar-refractivity contribution in [3.8, 4) is 5.75 Å². The summed E-state index contributed by atoms with van der Waals surface area (Å²) < 4.78 is 17.1. The highest BCUT2D eigenvalue weighted by atomic mass is 127. The Kier molecular flexibility index (Phi) is 6.52. The van der Waals surface area contributed by atoms with Crippen molar-refractivity contribution in [1.82, 2.24) is 4.90 Å². The minimum atomic E-state index is -0.472. The van der Waals surface area contributed by atoms with Crippen LogP contribution >= 0.6 is 22.6 Å². The van der Waals surface area contributed by atoms with Crippen LogP contribution in [0.5, 0.6) is 5.75 Å². The summed E-state index contributed by atoms with van der Waals surface area (Å²) in [5, 5.41) is 0. The van der Waals surface area contributed by atoms with Crippen molar-refractivity contribution in [2.24, 2.45) is 0 Å². The van der Waals surface area contributed by atoms with Crippen LogP contribution in [0, 0.1) is 0 Å². The van der Waals surface area contributed by atoms with Gasteiger partial charge in [0.15, 0.2) is 0 Å². The van der Waals surface area contributed by atoms with Crippen LogP contribution in [0.4, 0.5) is 4.79 Å². The molecule has 2 atom stereocenters. The van der Waals surface area contributed by atoms with Gasteiger partial charge in [-0.05, 0) is 32.9 Å². The van der Waals surface area contributed by atoms with Crippen molar-refractivity contribution in [2.75, 3.05) is 26.3 Å². The number of alkyl halides is 1. The molecule has 1 heterocycles. The molecule has 0 N–H and O–H groups in total. The average Bonchev–Trinajstić information content (AvgIpc) is 2.84. The Morgan fingerprint density at radius 2 is 1.91 bits per heavy atom. The normalized spacial score (nSPS) is 21.3. The molecule has 1 aromatic rings.